The van der Waals surface area contributed by atoms with Gasteiger partial charge in [-0.2, -0.15) is 0 Å². The highest BCUT2D eigenvalue weighted by Gasteiger charge is 2.30. The molecule has 1 unspecified atom stereocenters. The van der Waals surface area contributed by atoms with Crippen molar-refractivity contribution in [3.63, 3.8) is 0 Å². The molecule has 0 aliphatic rings. The van der Waals surface area contributed by atoms with Gasteiger partial charge in [-0.25, -0.2) is 4.79 Å². The van der Waals surface area contributed by atoms with Gasteiger partial charge < -0.3 is 19.5 Å². The van der Waals surface area contributed by atoms with Gasteiger partial charge >= 0.3 is 6.09 Å². The fourth-order valence-electron chi connectivity index (χ4n) is 4.48. The van der Waals surface area contributed by atoms with Gasteiger partial charge in [0, 0.05) is 0 Å². The van der Waals surface area contributed by atoms with Gasteiger partial charge in [0.1, 0.15) is 11.7 Å². The van der Waals surface area contributed by atoms with E-state index in [0.29, 0.717) is 26.2 Å². The molecule has 0 saturated carbocycles. The quantitative estimate of drug-likeness (QED) is 0.179. The standard InChI is InChI=1S/C35H39NO4/c1-35(2,24-23-28-15-7-3-8-16-28)40-34(37)36-33(31-21-13-6-14-22-31)32(39-26-30-19-11-5-12-20-30)27-38-25-29-17-9-4-10-18-29/h3-22,32-33H,23-27H2,1-2H3,(H,36,37)/t32-,33?/m1/s1. The lowest BCUT2D eigenvalue weighted by Gasteiger charge is -2.31. The Balaban J connectivity index is 1.47. The van der Waals surface area contributed by atoms with Crippen LogP contribution in [0.15, 0.2) is 121 Å². The maximum absolute atomic E-state index is 13.3. The largest absolute Gasteiger partial charge is 0.444 e. The summed E-state index contributed by atoms with van der Waals surface area (Å²) in [6.07, 6.45) is 0.586. The van der Waals surface area contributed by atoms with E-state index in [0.717, 1.165) is 23.1 Å². The Bertz CT molecular complexity index is 1260. The molecule has 0 bridgehead atoms. The van der Waals surface area contributed by atoms with Crippen molar-refractivity contribution in [1.29, 1.82) is 0 Å². The van der Waals surface area contributed by atoms with Gasteiger partial charge in [0.25, 0.3) is 0 Å². The topological polar surface area (TPSA) is 56.8 Å². The number of aryl methyl sites for hydroxylation is 1. The SMILES string of the molecule is CC(C)(CCc1ccccc1)OC(=O)NC(c1ccccc1)[C@@H](COCc1ccccc1)OCc1ccccc1. The molecule has 4 aromatic carbocycles. The number of hydrogen-bond donors (Lipinski definition) is 1. The van der Waals surface area contributed by atoms with Crippen LogP contribution in [0.25, 0.3) is 0 Å². The number of hydrogen-bond acceptors (Lipinski definition) is 4. The van der Waals surface area contributed by atoms with Crippen molar-refractivity contribution in [2.75, 3.05) is 6.61 Å². The Kier molecular flexibility index (Phi) is 10.9. The van der Waals surface area contributed by atoms with Crippen molar-refractivity contribution in [3.8, 4) is 0 Å². The van der Waals surface area contributed by atoms with E-state index in [1.807, 2.05) is 123 Å². The predicted octanol–water partition coefficient (Wildman–Crippen LogP) is 7.67. The molecule has 0 radical (unpaired) electrons. The third kappa shape index (κ3) is 9.67. The molecule has 2 atom stereocenters. The molecule has 1 N–H and O–H groups in total. The van der Waals surface area contributed by atoms with E-state index in [1.165, 1.54) is 5.56 Å². The highest BCUT2D eigenvalue weighted by molar-refractivity contribution is 5.68. The van der Waals surface area contributed by atoms with Crippen LogP contribution in [0.3, 0.4) is 0 Å². The van der Waals surface area contributed by atoms with Crippen LogP contribution < -0.4 is 5.32 Å². The molecule has 0 aliphatic carbocycles. The first-order valence-corrected chi connectivity index (χ1v) is 13.8. The average Bonchev–Trinajstić information content (AvgIpc) is 2.99. The Hall–Kier alpha value is -3.93. The molecule has 5 nitrogen and oxygen atoms in total. The molecule has 0 saturated heterocycles. The molecule has 0 aliphatic heterocycles. The average molecular weight is 538 g/mol. The Morgan fingerprint density at radius 1 is 0.700 bits per heavy atom. The van der Waals surface area contributed by atoms with Crippen LogP contribution in [0.2, 0.25) is 0 Å². The minimum absolute atomic E-state index is 0.291. The van der Waals surface area contributed by atoms with E-state index in [9.17, 15) is 4.79 Å². The number of nitrogens with one attached hydrogen (secondary N) is 1. The van der Waals surface area contributed by atoms with Crippen molar-refractivity contribution in [3.05, 3.63) is 144 Å². The van der Waals surface area contributed by atoms with Crippen LogP contribution in [-0.4, -0.2) is 24.4 Å². The molecule has 1 amide bonds. The number of carbonyl (C=O) groups excluding carboxylic acids is 1. The van der Waals surface area contributed by atoms with Gasteiger partial charge in [0.05, 0.1) is 25.9 Å². The van der Waals surface area contributed by atoms with Gasteiger partial charge in [0.2, 0.25) is 0 Å². The van der Waals surface area contributed by atoms with E-state index in [2.05, 4.69) is 17.4 Å². The molecular weight excluding hydrogens is 498 g/mol. The normalized spacial score (nSPS) is 12.8. The molecule has 4 aromatic rings. The number of alkyl carbamates (subject to hydrolysis) is 1. The van der Waals surface area contributed by atoms with E-state index >= 15 is 0 Å². The lowest BCUT2D eigenvalue weighted by Crippen LogP contribution is -2.43. The summed E-state index contributed by atoms with van der Waals surface area (Å²) in [4.78, 5) is 13.3. The van der Waals surface area contributed by atoms with E-state index in [4.69, 9.17) is 14.2 Å². The molecule has 208 valence electrons. The van der Waals surface area contributed by atoms with Gasteiger partial charge in [-0.1, -0.05) is 121 Å². The van der Waals surface area contributed by atoms with Crippen LogP contribution in [-0.2, 0) is 33.8 Å². The fraction of sp³-hybridized carbons (Fsp3) is 0.286. The highest BCUT2D eigenvalue weighted by atomic mass is 16.6. The van der Waals surface area contributed by atoms with E-state index < -0.39 is 23.8 Å². The van der Waals surface area contributed by atoms with Crippen molar-refractivity contribution in [2.24, 2.45) is 0 Å². The van der Waals surface area contributed by atoms with Crippen LogP contribution in [0.4, 0.5) is 4.79 Å². The van der Waals surface area contributed by atoms with Gasteiger partial charge in [-0.3, -0.25) is 0 Å². The minimum Gasteiger partial charge on any atom is -0.444 e. The van der Waals surface area contributed by atoms with E-state index in [1.54, 1.807) is 0 Å². The molecule has 0 aromatic heterocycles. The molecule has 0 spiro atoms. The Labute approximate surface area is 238 Å². The summed E-state index contributed by atoms with van der Waals surface area (Å²) in [5.74, 6) is 0. The number of ether oxygens (including phenoxy) is 3. The van der Waals surface area contributed by atoms with Gasteiger partial charge in [0.15, 0.2) is 0 Å². The van der Waals surface area contributed by atoms with Crippen LogP contribution in [0, 0.1) is 0 Å². The lowest BCUT2D eigenvalue weighted by molar-refractivity contribution is -0.0503. The van der Waals surface area contributed by atoms with Gasteiger partial charge in [-0.05, 0) is 48.9 Å². The zero-order valence-electron chi connectivity index (χ0n) is 23.4. The number of amides is 1. The van der Waals surface area contributed by atoms with Crippen molar-refractivity contribution in [1.82, 2.24) is 5.32 Å². The third-order valence-corrected chi connectivity index (χ3v) is 6.73. The lowest BCUT2D eigenvalue weighted by atomic mass is 9.98. The van der Waals surface area contributed by atoms with Crippen LogP contribution in [0.5, 0.6) is 0 Å². The summed E-state index contributed by atoms with van der Waals surface area (Å²) in [5, 5.41) is 3.11. The first kappa shape index (κ1) is 29.1. The summed E-state index contributed by atoms with van der Waals surface area (Å²) < 4.78 is 18.5. The highest BCUT2D eigenvalue weighted by Crippen LogP contribution is 2.24. The zero-order valence-corrected chi connectivity index (χ0v) is 23.4. The molecule has 0 heterocycles. The van der Waals surface area contributed by atoms with Crippen molar-refractivity contribution < 1.29 is 19.0 Å². The summed E-state index contributed by atoms with van der Waals surface area (Å²) >= 11 is 0. The first-order valence-electron chi connectivity index (χ1n) is 13.8. The van der Waals surface area contributed by atoms with Crippen molar-refractivity contribution >= 4 is 6.09 Å². The summed E-state index contributed by atoms with van der Waals surface area (Å²) in [7, 11) is 0. The first-order chi connectivity index (χ1) is 19.5. The van der Waals surface area contributed by atoms with Crippen LogP contribution >= 0.6 is 0 Å². The summed E-state index contributed by atoms with van der Waals surface area (Å²) in [6.45, 7) is 5.02. The predicted molar refractivity (Wildman–Crippen MR) is 159 cm³/mol. The summed E-state index contributed by atoms with van der Waals surface area (Å²) in [6, 6.07) is 39.6. The molecule has 4 rings (SSSR count). The summed E-state index contributed by atoms with van der Waals surface area (Å²) in [5.41, 5.74) is 3.61. The fourth-order valence-corrected chi connectivity index (χ4v) is 4.48. The number of benzene rings is 4. The monoisotopic (exact) mass is 537 g/mol. The third-order valence-electron chi connectivity index (χ3n) is 6.73. The molecule has 0 fully saturated rings. The maximum atomic E-state index is 13.3. The molecule has 5 heteroatoms. The Morgan fingerprint density at radius 3 is 1.77 bits per heavy atom. The second-order valence-electron chi connectivity index (χ2n) is 10.5. The second kappa shape index (κ2) is 15.0. The number of carbonyl (C=O) groups is 1. The van der Waals surface area contributed by atoms with Gasteiger partial charge in [-0.15, -0.1) is 0 Å². The smallest absolute Gasteiger partial charge is 0.408 e. The van der Waals surface area contributed by atoms with Crippen molar-refractivity contribution in [2.45, 2.75) is 57.6 Å². The minimum atomic E-state index is -0.647. The van der Waals surface area contributed by atoms with E-state index in [-0.39, 0.29) is 0 Å². The molecular formula is C35H39NO4. The molecule has 40 heavy (non-hydrogen) atoms. The zero-order chi connectivity index (χ0) is 28.0. The maximum Gasteiger partial charge on any atom is 0.408 e. The second-order valence-corrected chi connectivity index (χ2v) is 10.5. The van der Waals surface area contributed by atoms with Crippen LogP contribution in [0.1, 0.15) is 48.6 Å². The Morgan fingerprint density at radius 2 is 1.20 bits per heavy atom. The number of rotatable bonds is 14.